The molecule has 10 heteroatoms. The highest BCUT2D eigenvalue weighted by molar-refractivity contribution is 7.47. The van der Waals surface area contributed by atoms with Crippen LogP contribution in [0.3, 0.4) is 0 Å². The lowest BCUT2D eigenvalue weighted by molar-refractivity contribution is -0.870. The summed E-state index contributed by atoms with van der Waals surface area (Å²) < 4.78 is 30.7. The van der Waals surface area contributed by atoms with Gasteiger partial charge >= 0.3 is 13.8 Å². The normalized spacial score (nSPS) is 14.6. The molecule has 3 atom stereocenters. The Balaban J connectivity index is 5.26. The van der Waals surface area contributed by atoms with E-state index in [1.807, 2.05) is 33.3 Å². The molecule has 0 saturated heterocycles. The lowest BCUT2D eigenvalue weighted by Gasteiger charge is -2.27. The first-order valence-electron chi connectivity index (χ1n) is 32.8. The van der Waals surface area contributed by atoms with Gasteiger partial charge < -0.3 is 19.4 Å². The van der Waals surface area contributed by atoms with E-state index in [1.165, 1.54) is 44.9 Å². The van der Waals surface area contributed by atoms with Crippen LogP contribution < -0.4 is 5.32 Å². The second-order valence-electron chi connectivity index (χ2n) is 22.5. The van der Waals surface area contributed by atoms with E-state index < -0.39 is 20.0 Å². The molecule has 9 nitrogen and oxygen atoms in total. The van der Waals surface area contributed by atoms with Gasteiger partial charge in [0.2, 0.25) is 5.91 Å². The number of carbonyl (C=O) groups excluding carboxylic acids is 2. The lowest BCUT2D eigenvalue weighted by atomic mass is 10.1. The summed E-state index contributed by atoms with van der Waals surface area (Å²) in [5.41, 5.74) is 0. The number of nitrogens with zero attached hydrogens (tertiary/aromatic N) is 1. The van der Waals surface area contributed by atoms with Gasteiger partial charge in [0, 0.05) is 12.8 Å². The number of nitrogens with one attached hydrogen (secondary N) is 1. The van der Waals surface area contributed by atoms with Crippen molar-refractivity contribution in [2.45, 2.75) is 251 Å². The van der Waals surface area contributed by atoms with Crippen molar-refractivity contribution in [3.05, 3.63) is 158 Å². The molecule has 0 spiro atoms. The van der Waals surface area contributed by atoms with Crippen molar-refractivity contribution in [1.82, 2.24) is 5.32 Å². The van der Waals surface area contributed by atoms with E-state index in [2.05, 4.69) is 172 Å². The topological polar surface area (TPSA) is 111 Å². The first kappa shape index (κ1) is 78.6. The zero-order valence-electron chi connectivity index (χ0n) is 53.6. The maximum absolute atomic E-state index is 13.6. The fraction of sp³-hybridized carbons (Fsp3) is 0.616. The van der Waals surface area contributed by atoms with Crippen molar-refractivity contribution in [3.8, 4) is 0 Å². The fourth-order valence-corrected chi connectivity index (χ4v) is 9.21. The number of carbonyl (C=O) groups is 2. The molecule has 0 saturated carbocycles. The number of rotatable bonds is 57. The van der Waals surface area contributed by atoms with Gasteiger partial charge in [0.15, 0.2) is 0 Å². The molecule has 0 aliphatic heterocycles. The molecule has 0 aromatic heterocycles. The summed E-state index contributed by atoms with van der Waals surface area (Å²) in [5, 5.41) is 3.04. The van der Waals surface area contributed by atoms with Crippen LogP contribution >= 0.6 is 7.82 Å². The van der Waals surface area contributed by atoms with Crippen molar-refractivity contribution >= 4 is 19.7 Å². The van der Waals surface area contributed by atoms with Gasteiger partial charge in [-0.3, -0.25) is 18.6 Å². The Morgan fingerprint density at radius 2 is 0.771 bits per heavy atom. The summed E-state index contributed by atoms with van der Waals surface area (Å²) >= 11 is 0. The largest absolute Gasteiger partial charge is 0.472 e. The number of hydrogen-bond donors (Lipinski definition) is 2. The maximum atomic E-state index is 13.6. The summed E-state index contributed by atoms with van der Waals surface area (Å²) in [7, 11) is 1.43. The van der Waals surface area contributed by atoms with Gasteiger partial charge in [0.25, 0.3) is 0 Å². The number of likely N-dealkylation sites (N-methyl/N-ethyl adjacent to an activating group) is 1. The van der Waals surface area contributed by atoms with Crippen LogP contribution in [0.1, 0.15) is 239 Å². The molecule has 0 fully saturated rings. The molecule has 3 unspecified atom stereocenters. The molecule has 1 amide bonds. The van der Waals surface area contributed by atoms with E-state index in [0.29, 0.717) is 23.9 Å². The van der Waals surface area contributed by atoms with Crippen molar-refractivity contribution in [3.63, 3.8) is 0 Å². The lowest BCUT2D eigenvalue weighted by Crippen LogP contribution is -2.47. The van der Waals surface area contributed by atoms with E-state index in [4.69, 9.17) is 13.8 Å². The number of allylic oxidation sites excluding steroid dienone is 25. The predicted octanol–water partition coefficient (Wildman–Crippen LogP) is 20.8. The van der Waals surface area contributed by atoms with E-state index in [9.17, 15) is 19.0 Å². The molecular formula is C73H122N2O7P+. The number of phosphoric acid groups is 1. The first-order valence-corrected chi connectivity index (χ1v) is 34.3. The average Bonchev–Trinajstić information content (AvgIpc) is 3.51. The Morgan fingerprint density at radius 1 is 0.434 bits per heavy atom. The summed E-state index contributed by atoms with van der Waals surface area (Å²) in [5.74, 6) is -0.586. The monoisotopic (exact) mass is 1170 g/mol. The maximum Gasteiger partial charge on any atom is 0.472 e. The quantitative estimate of drug-likeness (QED) is 0.0205. The number of phosphoric ester groups is 1. The smallest absolute Gasteiger partial charge is 0.456 e. The molecule has 0 rings (SSSR count). The summed E-state index contributed by atoms with van der Waals surface area (Å²) in [6.45, 7) is 6.71. The molecule has 0 radical (unpaired) electrons. The highest BCUT2D eigenvalue weighted by Crippen LogP contribution is 2.43. The Kier molecular flexibility index (Phi) is 57.5. The number of ether oxygens (including phenoxy) is 1. The van der Waals surface area contributed by atoms with E-state index in [-0.39, 0.29) is 31.5 Å². The van der Waals surface area contributed by atoms with Crippen molar-refractivity contribution in [2.75, 3.05) is 40.9 Å². The minimum Gasteiger partial charge on any atom is -0.456 e. The molecule has 0 aromatic carbocycles. The highest BCUT2D eigenvalue weighted by atomic mass is 31.2. The molecule has 0 aliphatic carbocycles. The van der Waals surface area contributed by atoms with E-state index >= 15 is 0 Å². The minimum atomic E-state index is -4.48. The van der Waals surface area contributed by atoms with Crippen LogP contribution in [0.4, 0.5) is 0 Å². The number of quaternary nitrogens is 1. The standard InChI is InChI=1S/C73H121N2O7P/c1-7-10-13-16-19-22-25-27-29-31-33-35-36-37-38-40-41-43-45-47-50-53-56-59-62-65-72(76)74-70(69-81-83(78,79)80-68-67-75(4,5)6)71(64-61-58-55-52-49-24-21-18-15-12-9-3)82-73(77)66-63-60-57-54-51-48-46-44-42-39-34-32-30-28-26-23-20-17-14-11-8-2/h10-11,13-14,19-20,22-23,27-30,33-35,37-39,41,43-44,46,51,54,61,64,70-71H,7-9,12,15-18,21,24-26,31-32,36,40,42,45,47-50,52-53,55-60,62-63,65-69H2,1-6H3,(H-,74,76,78,79)/p+1/b13-10-,14-11-,22-19-,23-20-,29-27-,30-28-,35-33-,38-37-,39-34-,43-41-,46-44-,54-51-,64-61-. The van der Waals surface area contributed by atoms with Gasteiger partial charge in [-0.05, 0) is 134 Å². The molecular weight excluding hydrogens is 1050 g/mol. The molecule has 0 aliphatic rings. The SMILES string of the molecule is CC/C=C\C/C=C\C/C=C\C/C=C\C/C=C\C/C=C\CCCCCCCCC(=O)NC(COP(=O)(O)OCC[N+](C)(C)C)C(/C=C\CCCCCCCCCCC)OC(=O)CCCC/C=C\C/C=C\C/C=C\C/C=C\C/C=C\C/C=C\CC. The van der Waals surface area contributed by atoms with Gasteiger partial charge in [0.05, 0.1) is 33.8 Å². The summed E-state index contributed by atoms with van der Waals surface area (Å²) in [4.78, 5) is 37.8. The van der Waals surface area contributed by atoms with E-state index in [0.717, 1.165) is 154 Å². The van der Waals surface area contributed by atoms with Crippen LogP contribution in [-0.4, -0.2) is 74.3 Å². The van der Waals surface area contributed by atoms with Crippen LogP contribution in [0.2, 0.25) is 0 Å². The third kappa shape index (κ3) is 62.0. The van der Waals surface area contributed by atoms with Crippen LogP contribution in [0, 0.1) is 0 Å². The van der Waals surface area contributed by atoms with Gasteiger partial charge in [0.1, 0.15) is 19.3 Å². The van der Waals surface area contributed by atoms with E-state index in [1.54, 1.807) is 0 Å². The Labute approximate surface area is 510 Å². The van der Waals surface area contributed by atoms with Gasteiger partial charge in [-0.15, -0.1) is 0 Å². The molecule has 0 aromatic rings. The summed E-state index contributed by atoms with van der Waals surface area (Å²) in [6.07, 6.45) is 89.6. The third-order valence-corrected chi connectivity index (χ3v) is 14.4. The van der Waals surface area contributed by atoms with Crippen LogP contribution in [-0.2, 0) is 27.9 Å². The Hall–Kier alpha value is -4.37. The van der Waals surface area contributed by atoms with Crippen LogP contribution in [0.15, 0.2) is 158 Å². The minimum absolute atomic E-state index is 0.0203. The summed E-state index contributed by atoms with van der Waals surface area (Å²) in [6, 6.07) is -0.888. The number of amides is 1. The molecule has 83 heavy (non-hydrogen) atoms. The number of unbranched alkanes of at least 4 members (excludes halogenated alkanes) is 17. The predicted molar refractivity (Wildman–Crippen MR) is 359 cm³/mol. The van der Waals surface area contributed by atoms with Gasteiger partial charge in [-0.25, -0.2) is 4.57 Å². The first-order chi connectivity index (χ1) is 40.4. The second-order valence-corrected chi connectivity index (χ2v) is 24.0. The second kappa shape index (κ2) is 60.7. The van der Waals surface area contributed by atoms with Crippen molar-refractivity contribution < 1.29 is 37.3 Å². The van der Waals surface area contributed by atoms with Gasteiger partial charge in [-0.2, -0.15) is 0 Å². The third-order valence-electron chi connectivity index (χ3n) is 13.5. The Bertz CT molecular complexity index is 1980. The van der Waals surface area contributed by atoms with Crippen molar-refractivity contribution in [2.24, 2.45) is 0 Å². The average molecular weight is 1170 g/mol. The number of hydrogen-bond acceptors (Lipinski definition) is 6. The van der Waals surface area contributed by atoms with Crippen LogP contribution in [0.5, 0.6) is 0 Å². The number of esters is 1. The zero-order valence-corrected chi connectivity index (χ0v) is 54.5. The van der Waals surface area contributed by atoms with Crippen LogP contribution in [0.25, 0.3) is 0 Å². The zero-order chi connectivity index (χ0) is 60.7. The van der Waals surface area contributed by atoms with Gasteiger partial charge in [-0.1, -0.05) is 250 Å². The molecule has 0 heterocycles. The van der Waals surface area contributed by atoms with Crippen molar-refractivity contribution in [1.29, 1.82) is 0 Å². The Morgan fingerprint density at radius 3 is 1.17 bits per heavy atom. The fourth-order valence-electron chi connectivity index (χ4n) is 8.47. The molecule has 0 bridgehead atoms. The molecule has 470 valence electrons. The highest BCUT2D eigenvalue weighted by Gasteiger charge is 2.30. The molecule has 2 N–H and O–H groups in total.